The van der Waals surface area contributed by atoms with Crippen molar-refractivity contribution in [2.24, 2.45) is 0 Å². The van der Waals surface area contributed by atoms with Crippen molar-refractivity contribution in [1.82, 2.24) is 5.32 Å². The number of rotatable bonds is 6. The number of carboxylic acids is 1. The van der Waals surface area contributed by atoms with Crippen LogP contribution in [-0.2, 0) is 23.9 Å². The van der Waals surface area contributed by atoms with Crippen LogP contribution in [0.15, 0.2) is 0 Å². The Hall–Kier alpha value is -1.79. The number of aliphatic hydroxyl groups excluding tert-OH is 3. The predicted molar refractivity (Wildman–Crippen MR) is 74.3 cm³/mol. The lowest BCUT2D eigenvalue weighted by atomic mass is 9.88. The summed E-state index contributed by atoms with van der Waals surface area (Å²) in [5, 5.41) is 51.2. The van der Waals surface area contributed by atoms with Crippen molar-refractivity contribution in [2.45, 2.75) is 56.5 Å². The Morgan fingerprint density at radius 2 is 1.92 bits per heavy atom. The van der Waals surface area contributed by atoms with E-state index in [1.165, 1.54) is 0 Å². The molecule has 0 aliphatic carbocycles. The second-order valence-corrected chi connectivity index (χ2v) is 5.53. The number of carbonyl (C=O) groups excluding carboxylic acids is 2. The molecule has 0 radical (unpaired) electrons. The minimum Gasteiger partial charge on any atom is -0.477 e. The van der Waals surface area contributed by atoms with E-state index in [-0.39, 0.29) is 0 Å². The van der Waals surface area contributed by atoms with Crippen LogP contribution in [0.1, 0.15) is 20.3 Å². The highest BCUT2D eigenvalue weighted by Crippen LogP contribution is 2.30. The van der Waals surface area contributed by atoms with Gasteiger partial charge in [0.15, 0.2) is 0 Å². The van der Waals surface area contributed by atoms with Crippen LogP contribution in [0.5, 0.6) is 0 Å². The average molecular weight is 351 g/mol. The lowest BCUT2D eigenvalue weighted by Gasteiger charge is -2.44. The fourth-order valence-electron chi connectivity index (χ4n) is 2.33. The normalized spacial score (nSPS) is 32.5. The van der Waals surface area contributed by atoms with Gasteiger partial charge >= 0.3 is 11.9 Å². The Kier molecular flexibility index (Phi) is 6.63. The van der Waals surface area contributed by atoms with E-state index in [4.69, 9.17) is 9.84 Å². The second-order valence-electron chi connectivity index (χ2n) is 5.53. The molecule has 138 valence electrons. The number of amides is 1. The number of hydrogen-bond donors (Lipinski definition) is 6. The van der Waals surface area contributed by atoms with Gasteiger partial charge in [0.05, 0.1) is 12.1 Å². The monoisotopic (exact) mass is 351 g/mol. The molecule has 0 bridgehead atoms. The molecule has 6 N–H and O–H groups in total. The molecule has 6 atom stereocenters. The highest BCUT2D eigenvalue weighted by molar-refractivity contribution is 5.76. The fraction of sp³-hybridized carbons (Fsp3) is 0.769. The molecule has 0 unspecified atom stereocenters. The van der Waals surface area contributed by atoms with Crippen LogP contribution in [0.3, 0.4) is 0 Å². The zero-order valence-corrected chi connectivity index (χ0v) is 13.1. The van der Waals surface area contributed by atoms with E-state index in [9.17, 15) is 34.8 Å². The highest BCUT2D eigenvalue weighted by Gasteiger charge is 2.53. The van der Waals surface area contributed by atoms with Gasteiger partial charge in [-0.1, -0.05) is 0 Å². The molecule has 24 heavy (non-hydrogen) atoms. The van der Waals surface area contributed by atoms with E-state index >= 15 is 0 Å². The van der Waals surface area contributed by atoms with Crippen LogP contribution in [0.25, 0.3) is 0 Å². The molecule has 0 aromatic carbocycles. The topological polar surface area (TPSA) is 183 Å². The van der Waals surface area contributed by atoms with Crippen LogP contribution < -0.4 is 5.32 Å². The molecule has 1 heterocycles. The molecular formula is C13H21NO10. The third kappa shape index (κ3) is 4.85. The predicted octanol–water partition coefficient (Wildman–Crippen LogP) is -3.30. The highest BCUT2D eigenvalue weighted by atomic mass is 16.7. The maximum Gasteiger partial charge on any atom is 0.364 e. The lowest BCUT2D eigenvalue weighted by molar-refractivity contribution is -0.295. The van der Waals surface area contributed by atoms with Crippen molar-refractivity contribution in [3.63, 3.8) is 0 Å². The number of aliphatic hydroxyl groups is 4. The van der Waals surface area contributed by atoms with E-state index < -0.39 is 67.1 Å². The molecule has 1 fully saturated rings. The number of nitrogens with one attached hydrogen (secondary N) is 1. The van der Waals surface area contributed by atoms with Gasteiger partial charge in [-0.2, -0.15) is 0 Å². The van der Waals surface area contributed by atoms with Gasteiger partial charge < -0.3 is 40.3 Å². The molecule has 1 saturated heterocycles. The molecule has 11 nitrogen and oxygen atoms in total. The van der Waals surface area contributed by atoms with Gasteiger partial charge in [-0.05, 0) is 0 Å². The van der Waals surface area contributed by atoms with E-state index in [0.29, 0.717) is 0 Å². The maximum atomic E-state index is 11.2. The summed E-state index contributed by atoms with van der Waals surface area (Å²) in [6.45, 7) is 1.55. The van der Waals surface area contributed by atoms with Gasteiger partial charge in [-0.25, -0.2) is 4.79 Å². The van der Waals surface area contributed by atoms with E-state index in [2.05, 4.69) is 10.1 Å². The summed E-state index contributed by atoms with van der Waals surface area (Å²) in [6.07, 6.45) is -7.61. The van der Waals surface area contributed by atoms with Gasteiger partial charge in [-0.3, -0.25) is 9.59 Å². The SMILES string of the molecule is CC(=O)N[C@H]1[C@H]([C@@H](O)[C@H](O)COC(C)=O)O[C@](O)(C(=O)O)C[C@@H]1O. The van der Waals surface area contributed by atoms with E-state index in [1.54, 1.807) is 0 Å². The third-order valence-corrected chi connectivity index (χ3v) is 3.48. The van der Waals surface area contributed by atoms with Crippen LogP contribution in [0, 0.1) is 0 Å². The van der Waals surface area contributed by atoms with Gasteiger partial charge in [0, 0.05) is 20.3 Å². The summed E-state index contributed by atoms with van der Waals surface area (Å²) in [5.74, 6) is -5.97. The molecule has 1 amide bonds. The van der Waals surface area contributed by atoms with Crippen LogP contribution >= 0.6 is 0 Å². The summed E-state index contributed by atoms with van der Waals surface area (Å²) < 4.78 is 9.46. The lowest BCUT2D eigenvalue weighted by Crippen LogP contribution is -2.67. The Morgan fingerprint density at radius 1 is 1.33 bits per heavy atom. The van der Waals surface area contributed by atoms with Crippen LogP contribution in [0.2, 0.25) is 0 Å². The van der Waals surface area contributed by atoms with E-state index in [0.717, 1.165) is 13.8 Å². The van der Waals surface area contributed by atoms with Crippen molar-refractivity contribution >= 4 is 17.8 Å². The number of carboxylic acid groups (broad SMARTS) is 1. The van der Waals surface area contributed by atoms with Gasteiger partial charge in [0.2, 0.25) is 5.91 Å². The zero-order chi connectivity index (χ0) is 18.7. The summed E-state index contributed by atoms with van der Waals surface area (Å²) in [4.78, 5) is 33.1. The smallest absolute Gasteiger partial charge is 0.364 e. The molecule has 0 spiro atoms. The molecular weight excluding hydrogens is 330 g/mol. The van der Waals surface area contributed by atoms with Crippen molar-refractivity contribution < 1.29 is 49.4 Å². The Bertz CT molecular complexity index is 497. The number of esters is 1. The summed E-state index contributed by atoms with van der Waals surface area (Å²) in [7, 11) is 0. The molecule has 1 aliphatic heterocycles. The van der Waals surface area contributed by atoms with Gasteiger partial charge in [-0.15, -0.1) is 0 Å². The fourth-order valence-corrected chi connectivity index (χ4v) is 2.33. The van der Waals surface area contributed by atoms with Crippen molar-refractivity contribution in [2.75, 3.05) is 6.61 Å². The first-order valence-corrected chi connectivity index (χ1v) is 7.06. The zero-order valence-electron chi connectivity index (χ0n) is 13.1. The molecule has 0 aromatic heterocycles. The summed E-state index contributed by atoms with van der Waals surface area (Å²) >= 11 is 0. The van der Waals surface area contributed by atoms with Gasteiger partial charge in [0.1, 0.15) is 24.9 Å². The number of hydrogen-bond acceptors (Lipinski definition) is 9. The van der Waals surface area contributed by atoms with Crippen LogP contribution in [-0.4, -0.2) is 86.2 Å². The number of aliphatic carboxylic acids is 1. The largest absolute Gasteiger partial charge is 0.477 e. The summed E-state index contributed by atoms with van der Waals surface area (Å²) in [6, 6.07) is -1.30. The first kappa shape index (κ1) is 20.3. The van der Waals surface area contributed by atoms with Crippen molar-refractivity contribution in [1.29, 1.82) is 0 Å². The van der Waals surface area contributed by atoms with Crippen molar-refractivity contribution in [3.8, 4) is 0 Å². The minimum absolute atomic E-state index is 0.616. The van der Waals surface area contributed by atoms with Gasteiger partial charge in [0.25, 0.3) is 5.79 Å². The second kappa shape index (κ2) is 7.85. The average Bonchev–Trinajstić information content (AvgIpc) is 2.46. The Labute approximate surface area is 136 Å². The Morgan fingerprint density at radius 3 is 2.38 bits per heavy atom. The molecule has 0 saturated carbocycles. The maximum absolute atomic E-state index is 11.2. The first-order chi connectivity index (χ1) is 11.0. The molecule has 11 heteroatoms. The molecule has 0 aromatic rings. The molecule has 1 rings (SSSR count). The molecule has 1 aliphatic rings. The Balaban J connectivity index is 3.01. The first-order valence-electron chi connectivity index (χ1n) is 7.06. The third-order valence-electron chi connectivity index (χ3n) is 3.48. The van der Waals surface area contributed by atoms with E-state index in [1.807, 2.05) is 0 Å². The number of carbonyl (C=O) groups is 3. The van der Waals surface area contributed by atoms with Crippen LogP contribution in [0.4, 0.5) is 0 Å². The number of ether oxygens (including phenoxy) is 2. The minimum atomic E-state index is -2.82. The quantitative estimate of drug-likeness (QED) is 0.265. The summed E-state index contributed by atoms with van der Waals surface area (Å²) in [5.41, 5.74) is 0. The van der Waals surface area contributed by atoms with Crippen molar-refractivity contribution in [3.05, 3.63) is 0 Å². The standard InChI is InChI=1S/C13H21NO10/c1-5(15)14-9-7(17)3-13(22,12(20)21)24-11(9)10(19)8(18)4-23-6(2)16/h7-11,17-19,22H,3-4H2,1-2H3,(H,14,15)(H,20,21)/t7-,8+,9+,10-,11+,13-/m0/s1.